The minimum absolute atomic E-state index is 0.243. The molecule has 5 heteroatoms. The van der Waals surface area contributed by atoms with Crippen LogP contribution in [0.1, 0.15) is 47.0 Å². The standard InChI is InChI=1S/C16H34N4O/c1-5-7-18-16(4,15(17)21)13-14(3)20-11-9-19(8-6-2)10-12-20/h14,18H,5-13H2,1-4H3,(H2,17,21). The first-order valence-electron chi connectivity index (χ1n) is 8.44. The van der Waals surface area contributed by atoms with Crippen molar-refractivity contribution < 1.29 is 4.79 Å². The van der Waals surface area contributed by atoms with Crippen molar-refractivity contribution in [1.82, 2.24) is 15.1 Å². The van der Waals surface area contributed by atoms with Gasteiger partial charge in [0.2, 0.25) is 5.91 Å². The maximum atomic E-state index is 11.8. The number of hydrogen-bond donors (Lipinski definition) is 2. The second kappa shape index (κ2) is 8.71. The molecular weight excluding hydrogens is 264 g/mol. The number of amides is 1. The van der Waals surface area contributed by atoms with Crippen molar-refractivity contribution in [2.75, 3.05) is 39.3 Å². The number of rotatable bonds is 9. The molecule has 0 aromatic rings. The quantitative estimate of drug-likeness (QED) is 0.667. The molecule has 0 saturated carbocycles. The van der Waals surface area contributed by atoms with Gasteiger partial charge >= 0.3 is 0 Å². The lowest BCUT2D eigenvalue weighted by atomic mass is 9.91. The Morgan fingerprint density at radius 1 is 1.24 bits per heavy atom. The molecule has 1 aliphatic rings. The van der Waals surface area contributed by atoms with Crippen LogP contribution < -0.4 is 11.1 Å². The summed E-state index contributed by atoms with van der Waals surface area (Å²) in [5, 5.41) is 3.33. The van der Waals surface area contributed by atoms with Crippen LogP contribution in [0.15, 0.2) is 0 Å². The zero-order chi connectivity index (χ0) is 15.9. The zero-order valence-electron chi connectivity index (χ0n) is 14.3. The van der Waals surface area contributed by atoms with Crippen LogP contribution in [0.25, 0.3) is 0 Å². The van der Waals surface area contributed by atoms with E-state index >= 15 is 0 Å². The average Bonchev–Trinajstić information content (AvgIpc) is 2.46. The molecule has 1 saturated heterocycles. The van der Waals surface area contributed by atoms with E-state index in [1.807, 2.05) is 6.92 Å². The Morgan fingerprint density at radius 3 is 2.33 bits per heavy atom. The first kappa shape index (κ1) is 18.4. The van der Waals surface area contributed by atoms with Crippen LogP contribution in [-0.4, -0.2) is 66.6 Å². The van der Waals surface area contributed by atoms with Gasteiger partial charge in [-0.3, -0.25) is 9.69 Å². The zero-order valence-corrected chi connectivity index (χ0v) is 14.3. The minimum Gasteiger partial charge on any atom is -0.368 e. The number of piperazine rings is 1. The molecule has 0 spiro atoms. The summed E-state index contributed by atoms with van der Waals surface area (Å²) in [5.74, 6) is -0.243. The summed E-state index contributed by atoms with van der Waals surface area (Å²) < 4.78 is 0. The maximum absolute atomic E-state index is 11.8. The number of primary amides is 1. The third-order valence-electron chi connectivity index (χ3n) is 4.58. The molecule has 5 nitrogen and oxygen atoms in total. The monoisotopic (exact) mass is 298 g/mol. The van der Waals surface area contributed by atoms with Crippen molar-refractivity contribution in [3.8, 4) is 0 Å². The molecule has 2 unspecified atom stereocenters. The number of carbonyl (C=O) groups excluding carboxylic acids is 1. The molecule has 0 radical (unpaired) electrons. The minimum atomic E-state index is -0.601. The number of nitrogens with two attached hydrogens (primary N) is 1. The topological polar surface area (TPSA) is 61.6 Å². The van der Waals surface area contributed by atoms with E-state index in [2.05, 4.69) is 35.9 Å². The van der Waals surface area contributed by atoms with Crippen LogP contribution >= 0.6 is 0 Å². The molecule has 0 aliphatic carbocycles. The van der Waals surface area contributed by atoms with Gasteiger partial charge in [-0.1, -0.05) is 13.8 Å². The van der Waals surface area contributed by atoms with Crippen molar-refractivity contribution in [1.29, 1.82) is 0 Å². The van der Waals surface area contributed by atoms with Crippen molar-refractivity contribution in [3.05, 3.63) is 0 Å². The molecule has 0 aromatic heterocycles. The lowest BCUT2D eigenvalue weighted by Crippen LogP contribution is -2.58. The van der Waals surface area contributed by atoms with Gasteiger partial charge in [0.25, 0.3) is 0 Å². The largest absolute Gasteiger partial charge is 0.368 e. The highest BCUT2D eigenvalue weighted by molar-refractivity contribution is 5.84. The van der Waals surface area contributed by atoms with E-state index in [0.29, 0.717) is 6.04 Å². The van der Waals surface area contributed by atoms with Gasteiger partial charge in [-0.25, -0.2) is 0 Å². The highest BCUT2D eigenvalue weighted by Crippen LogP contribution is 2.18. The van der Waals surface area contributed by atoms with Gasteiger partial charge < -0.3 is 16.0 Å². The van der Waals surface area contributed by atoms with Gasteiger partial charge in [0, 0.05) is 32.2 Å². The van der Waals surface area contributed by atoms with Crippen molar-refractivity contribution >= 4 is 5.91 Å². The molecule has 1 heterocycles. The molecule has 1 aliphatic heterocycles. The molecular formula is C16H34N4O. The van der Waals surface area contributed by atoms with E-state index in [1.165, 1.54) is 13.0 Å². The van der Waals surface area contributed by atoms with Gasteiger partial charge in [0.15, 0.2) is 0 Å². The van der Waals surface area contributed by atoms with E-state index < -0.39 is 5.54 Å². The second-order valence-electron chi connectivity index (χ2n) is 6.55. The Bertz CT molecular complexity index is 315. The highest BCUT2D eigenvalue weighted by atomic mass is 16.1. The molecule has 1 amide bonds. The van der Waals surface area contributed by atoms with Crippen molar-refractivity contribution in [3.63, 3.8) is 0 Å². The summed E-state index contributed by atoms with van der Waals surface area (Å²) in [6, 6.07) is 0.371. The molecule has 0 aromatic carbocycles. The van der Waals surface area contributed by atoms with Crippen LogP contribution in [0, 0.1) is 0 Å². The number of hydrogen-bond acceptors (Lipinski definition) is 4. The van der Waals surface area contributed by atoms with Crippen LogP contribution in [0.5, 0.6) is 0 Å². The van der Waals surface area contributed by atoms with Gasteiger partial charge in [-0.05, 0) is 46.2 Å². The highest BCUT2D eigenvalue weighted by Gasteiger charge is 2.34. The van der Waals surface area contributed by atoms with Gasteiger partial charge in [-0.2, -0.15) is 0 Å². The summed E-state index contributed by atoms with van der Waals surface area (Å²) in [6.45, 7) is 14.9. The van der Waals surface area contributed by atoms with Gasteiger partial charge in [0.1, 0.15) is 0 Å². The smallest absolute Gasteiger partial charge is 0.237 e. The van der Waals surface area contributed by atoms with Gasteiger partial charge in [-0.15, -0.1) is 0 Å². The molecule has 21 heavy (non-hydrogen) atoms. The van der Waals surface area contributed by atoms with Crippen molar-refractivity contribution in [2.24, 2.45) is 5.73 Å². The Balaban J connectivity index is 2.50. The van der Waals surface area contributed by atoms with Crippen molar-refractivity contribution in [2.45, 2.75) is 58.5 Å². The Morgan fingerprint density at radius 2 is 1.86 bits per heavy atom. The van der Waals surface area contributed by atoms with E-state index in [-0.39, 0.29) is 5.91 Å². The summed E-state index contributed by atoms with van der Waals surface area (Å²) in [7, 11) is 0. The van der Waals surface area contributed by atoms with Gasteiger partial charge in [0.05, 0.1) is 5.54 Å². The first-order valence-corrected chi connectivity index (χ1v) is 8.44. The SMILES string of the molecule is CCCNC(C)(CC(C)N1CCN(CCC)CC1)C(N)=O. The predicted molar refractivity (Wildman–Crippen MR) is 88.3 cm³/mol. The van der Waals surface area contributed by atoms with Crippen LogP contribution in [0.2, 0.25) is 0 Å². The van der Waals surface area contributed by atoms with E-state index in [4.69, 9.17) is 5.73 Å². The predicted octanol–water partition coefficient (Wildman–Crippen LogP) is 1.04. The summed E-state index contributed by atoms with van der Waals surface area (Å²) in [4.78, 5) is 16.8. The molecule has 124 valence electrons. The molecule has 2 atom stereocenters. The fraction of sp³-hybridized carbons (Fsp3) is 0.938. The molecule has 3 N–H and O–H groups in total. The first-order chi connectivity index (χ1) is 9.92. The van der Waals surface area contributed by atoms with E-state index in [0.717, 1.165) is 45.6 Å². The third-order valence-corrected chi connectivity index (χ3v) is 4.58. The summed E-state index contributed by atoms with van der Waals surface area (Å²) in [5.41, 5.74) is 5.02. The lowest BCUT2D eigenvalue weighted by Gasteiger charge is -2.40. The second-order valence-corrected chi connectivity index (χ2v) is 6.55. The Hall–Kier alpha value is -0.650. The number of nitrogens with zero attached hydrogens (tertiary/aromatic N) is 2. The Kier molecular flexibility index (Phi) is 7.63. The van der Waals surface area contributed by atoms with Crippen LogP contribution in [-0.2, 0) is 4.79 Å². The van der Waals surface area contributed by atoms with E-state index in [9.17, 15) is 4.79 Å². The molecule has 0 bridgehead atoms. The normalized spacial score (nSPS) is 21.9. The molecule has 1 fully saturated rings. The fourth-order valence-electron chi connectivity index (χ4n) is 3.12. The number of nitrogens with one attached hydrogen (secondary N) is 1. The average molecular weight is 298 g/mol. The summed E-state index contributed by atoms with van der Waals surface area (Å²) >= 11 is 0. The fourth-order valence-corrected chi connectivity index (χ4v) is 3.12. The van der Waals surface area contributed by atoms with Crippen LogP contribution in [0.4, 0.5) is 0 Å². The summed E-state index contributed by atoms with van der Waals surface area (Å²) in [6.07, 6.45) is 3.00. The maximum Gasteiger partial charge on any atom is 0.237 e. The lowest BCUT2D eigenvalue weighted by molar-refractivity contribution is -0.124. The van der Waals surface area contributed by atoms with Crippen LogP contribution in [0.3, 0.4) is 0 Å². The third kappa shape index (κ3) is 5.57. The van der Waals surface area contributed by atoms with E-state index in [1.54, 1.807) is 0 Å². The Labute approximate surface area is 130 Å². The molecule has 1 rings (SSSR count). The number of carbonyl (C=O) groups is 1.